The van der Waals surface area contributed by atoms with Crippen LogP contribution in [0.5, 0.6) is 5.75 Å². The fraction of sp³-hybridized carbons (Fsp3) is 0.650. The quantitative estimate of drug-likeness (QED) is 0.817. The van der Waals surface area contributed by atoms with Crippen LogP contribution in [0.15, 0.2) is 24.3 Å². The number of piperidine rings is 1. The molecule has 3 rings (SSSR count). The predicted molar refractivity (Wildman–Crippen MR) is 95.7 cm³/mol. The maximum Gasteiger partial charge on any atom is 0.430 e. The number of hydrogen-bond acceptors (Lipinski definition) is 4. The lowest BCUT2D eigenvalue weighted by Gasteiger charge is -2.46. The van der Waals surface area contributed by atoms with Crippen molar-refractivity contribution >= 4 is 5.91 Å². The number of ether oxygens (including phenoxy) is 1. The van der Waals surface area contributed by atoms with Crippen LogP contribution in [0.25, 0.3) is 0 Å². The van der Waals surface area contributed by atoms with Crippen molar-refractivity contribution < 1.29 is 32.9 Å². The third kappa shape index (κ3) is 3.72. The van der Waals surface area contributed by atoms with Gasteiger partial charge in [0, 0.05) is 18.7 Å². The van der Waals surface area contributed by atoms with Crippen molar-refractivity contribution in [3.8, 4) is 5.75 Å². The highest BCUT2D eigenvalue weighted by molar-refractivity contribution is 5.87. The van der Waals surface area contributed by atoms with Gasteiger partial charge >= 0.3 is 6.18 Å². The van der Waals surface area contributed by atoms with E-state index in [0.29, 0.717) is 25.7 Å². The molecule has 0 aromatic heterocycles. The Balaban J connectivity index is 1.81. The Bertz CT molecular complexity index is 706. The molecule has 1 saturated carbocycles. The van der Waals surface area contributed by atoms with Gasteiger partial charge in [0.15, 0.2) is 0 Å². The molecule has 8 heteroatoms. The fourth-order valence-electron chi connectivity index (χ4n) is 4.38. The summed E-state index contributed by atoms with van der Waals surface area (Å²) in [5.41, 5.74) is -4.19. The first-order valence-corrected chi connectivity index (χ1v) is 9.52. The second-order valence-corrected chi connectivity index (χ2v) is 7.96. The topological polar surface area (TPSA) is 70.0 Å². The molecule has 2 fully saturated rings. The number of carbonyl (C=O) groups excluding carboxylic acids is 1. The summed E-state index contributed by atoms with van der Waals surface area (Å²) in [5, 5.41) is 20.3. The van der Waals surface area contributed by atoms with E-state index in [9.17, 15) is 28.2 Å². The van der Waals surface area contributed by atoms with E-state index in [1.165, 1.54) is 19.2 Å². The van der Waals surface area contributed by atoms with Crippen LogP contribution in [0, 0.1) is 5.41 Å². The lowest BCUT2D eigenvalue weighted by Crippen LogP contribution is -2.58. The monoisotopic (exact) mass is 401 g/mol. The highest BCUT2D eigenvalue weighted by Crippen LogP contribution is 2.47. The molecule has 0 bridgehead atoms. The molecule has 5 nitrogen and oxygen atoms in total. The lowest BCUT2D eigenvalue weighted by atomic mass is 9.67. The SMILES string of the molecule is COc1cccc(C(O)(C(=O)N2CCC3(CCC(O)CC3)CC2)C(F)(F)F)c1. The molecule has 28 heavy (non-hydrogen) atoms. The predicted octanol–water partition coefficient (Wildman–Crippen LogP) is 2.99. The smallest absolute Gasteiger partial charge is 0.430 e. The van der Waals surface area contributed by atoms with E-state index in [4.69, 9.17) is 4.74 Å². The molecular weight excluding hydrogens is 375 g/mol. The number of aliphatic hydroxyl groups excluding tert-OH is 1. The molecular formula is C20H26F3NO4. The third-order valence-corrected chi connectivity index (χ3v) is 6.33. The van der Waals surface area contributed by atoms with Gasteiger partial charge in [-0.05, 0) is 56.1 Å². The van der Waals surface area contributed by atoms with Gasteiger partial charge in [-0.1, -0.05) is 12.1 Å². The number of hydrogen-bond donors (Lipinski definition) is 2. The zero-order valence-corrected chi connectivity index (χ0v) is 15.8. The standard InChI is InChI=1S/C20H26F3NO4/c1-28-16-4-2-3-14(13-16)19(27,20(21,22)23)17(26)24-11-9-18(10-12-24)7-5-15(25)6-8-18/h2-4,13,15,25,27H,5-12H2,1H3. The van der Waals surface area contributed by atoms with Gasteiger partial charge in [0.25, 0.3) is 11.5 Å². The fourth-order valence-corrected chi connectivity index (χ4v) is 4.38. The van der Waals surface area contributed by atoms with E-state index in [-0.39, 0.29) is 30.4 Å². The summed E-state index contributed by atoms with van der Waals surface area (Å²) in [6.07, 6.45) is -1.32. The van der Waals surface area contributed by atoms with Crippen molar-refractivity contribution in [1.29, 1.82) is 0 Å². The van der Waals surface area contributed by atoms with Crippen molar-refractivity contribution in [2.75, 3.05) is 20.2 Å². The van der Waals surface area contributed by atoms with Crippen molar-refractivity contribution in [3.63, 3.8) is 0 Å². The van der Waals surface area contributed by atoms with Crippen LogP contribution < -0.4 is 4.74 Å². The zero-order valence-electron chi connectivity index (χ0n) is 15.8. The summed E-state index contributed by atoms with van der Waals surface area (Å²) >= 11 is 0. The van der Waals surface area contributed by atoms with E-state index in [0.717, 1.165) is 29.9 Å². The van der Waals surface area contributed by atoms with Gasteiger partial charge in [0.05, 0.1) is 13.2 Å². The molecule has 2 N–H and O–H groups in total. The minimum atomic E-state index is -5.17. The maximum absolute atomic E-state index is 13.9. The summed E-state index contributed by atoms with van der Waals surface area (Å²) in [6.45, 7) is 0.328. The average molecular weight is 401 g/mol. The summed E-state index contributed by atoms with van der Waals surface area (Å²) in [5.74, 6) is -1.22. The molecule has 1 aliphatic heterocycles. The first-order chi connectivity index (χ1) is 13.1. The van der Waals surface area contributed by atoms with Crippen LogP contribution in [0.3, 0.4) is 0 Å². The number of nitrogens with zero attached hydrogens (tertiary/aromatic N) is 1. The van der Waals surface area contributed by atoms with Gasteiger partial charge in [0.2, 0.25) is 0 Å². The van der Waals surface area contributed by atoms with Crippen LogP contribution in [-0.4, -0.2) is 53.5 Å². The third-order valence-electron chi connectivity index (χ3n) is 6.33. The number of halogens is 3. The number of benzene rings is 1. The molecule has 1 aliphatic carbocycles. The highest BCUT2D eigenvalue weighted by Gasteiger charge is 2.62. The van der Waals surface area contributed by atoms with Crippen molar-refractivity contribution in [1.82, 2.24) is 4.90 Å². The molecule has 1 aromatic carbocycles. The van der Waals surface area contributed by atoms with E-state index in [2.05, 4.69) is 0 Å². The van der Waals surface area contributed by atoms with Crippen molar-refractivity contribution in [2.45, 2.75) is 56.4 Å². The van der Waals surface area contributed by atoms with E-state index in [1.807, 2.05) is 0 Å². The number of likely N-dealkylation sites (tertiary alicyclic amines) is 1. The van der Waals surface area contributed by atoms with Gasteiger partial charge in [-0.2, -0.15) is 13.2 Å². The minimum Gasteiger partial charge on any atom is -0.497 e. The van der Waals surface area contributed by atoms with Crippen LogP contribution in [0.1, 0.15) is 44.1 Å². The maximum atomic E-state index is 13.9. The Morgan fingerprint density at radius 3 is 2.32 bits per heavy atom. The number of alkyl halides is 3. The molecule has 1 aromatic rings. The molecule has 1 unspecified atom stereocenters. The minimum absolute atomic E-state index is 0.0255. The average Bonchev–Trinajstić information content (AvgIpc) is 2.69. The van der Waals surface area contributed by atoms with Crippen LogP contribution in [0.4, 0.5) is 13.2 Å². The van der Waals surface area contributed by atoms with Crippen molar-refractivity contribution in [3.05, 3.63) is 29.8 Å². The van der Waals surface area contributed by atoms with Gasteiger partial charge in [-0.3, -0.25) is 4.79 Å². The number of methoxy groups -OCH3 is 1. The Morgan fingerprint density at radius 1 is 1.18 bits per heavy atom. The Labute approximate surface area is 162 Å². The first kappa shape index (κ1) is 20.9. The Morgan fingerprint density at radius 2 is 1.79 bits per heavy atom. The molecule has 1 heterocycles. The molecule has 156 valence electrons. The number of amides is 1. The zero-order chi connectivity index (χ0) is 20.6. The van der Waals surface area contributed by atoms with Crippen LogP contribution >= 0.6 is 0 Å². The largest absolute Gasteiger partial charge is 0.497 e. The Kier molecular flexibility index (Phi) is 5.64. The first-order valence-electron chi connectivity index (χ1n) is 9.52. The van der Waals surface area contributed by atoms with Crippen LogP contribution in [0.2, 0.25) is 0 Å². The molecule has 1 atom stereocenters. The molecule has 1 spiro atoms. The van der Waals surface area contributed by atoms with Gasteiger partial charge in [-0.15, -0.1) is 0 Å². The van der Waals surface area contributed by atoms with E-state index < -0.39 is 23.2 Å². The van der Waals surface area contributed by atoms with Crippen LogP contribution in [-0.2, 0) is 10.4 Å². The summed E-state index contributed by atoms with van der Waals surface area (Å²) < 4.78 is 46.5. The van der Waals surface area contributed by atoms with E-state index >= 15 is 0 Å². The van der Waals surface area contributed by atoms with Crippen molar-refractivity contribution in [2.24, 2.45) is 5.41 Å². The number of carbonyl (C=O) groups is 1. The number of rotatable bonds is 3. The summed E-state index contributed by atoms with van der Waals surface area (Å²) in [6, 6.07) is 4.89. The second-order valence-electron chi connectivity index (χ2n) is 7.96. The summed E-state index contributed by atoms with van der Waals surface area (Å²) in [7, 11) is 1.30. The van der Waals surface area contributed by atoms with Gasteiger partial charge < -0.3 is 19.8 Å². The molecule has 0 radical (unpaired) electrons. The second kappa shape index (κ2) is 7.55. The molecule has 1 saturated heterocycles. The molecule has 2 aliphatic rings. The van der Waals surface area contributed by atoms with Gasteiger partial charge in [-0.25, -0.2) is 0 Å². The Hall–Kier alpha value is -1.80. The summed E-state index contributed by atoms with van der Waals surface area (Å²) in [4.78, 5) is 14.0. The lowest BCUT2D eigenvalue weighted by molar-refractivity contribution is -0.262. The number of aliphatic hydroxyl groups is 2. The highest BCUT2D eigenvalue weighted by atomic mass is 19.4. The molecule has 1 amide bonds. The normalized spacial score (nSPS) is 22.7. The van der Waals surface area contributed by atoms with E-state index in [1.54, 1.807) is 0 Å². The van der Waals surface area contributed by atoms with Gasteiger partial charge in [0.1, 0.15) is 5.75 Å².